The van der Waals surface area contributed by atoms with E-state index in [2.05, 4.69) is 5.32 Å². The number of hydrogen-bond donors (Lipinski definition) is 5. The topological polar surface area (TPSA) is 119 Å². The van der Waals surface area contributed by atoms with Crippen molar-refractivity contribution in [2.75, 3.05) is 6.61 Å². The number of nitrogens with one attached hydrogen (secondary N) is 1. The fraction of sp³-hybridized carbons (Fsp3) is 0.875. The summed E-state index contributed by atoms with van der Waals surface area (Å²) in [6.45, 7) is 0.711. The smallest absolute Gasteiger partial charge is 0.218 e. The van der Waals surface area contributed by atoms with Gasteiger partial charge in [-0.05, 0) is 0 Å². The summed E-state index contributed by atoms with van der Waals surface area (Å²) in [5, 5.41) is 39.3. The van der Waals surface area contributed by atoms with Crippen molar-refractivity contribution in [3.8, 4) is 0 Å². The van der Waals surface area contributed by atoms with Gasteiger partial charge in [-0.3, -0.25) is 4.79 Å². The summed E-state index contributed by atoms with van der Waals surface area (Å²) in [4.78, 5) is 10.7. The number of hydrogen-bond acceptors (Lipinski definition) is 6. The van der Waals surface area contributed by atoms with Gasteiger partial charge in [0.1, 0.15) is 24.4 Å². The van der Waals surface area contributed by atoms with Gasteiger partial charge in [-0.1, -0.05) is 0 Å². The molecule has 5 atom stereocenters. The Hall–Kier alpha value is -0.730. The maximum absolute atomic E-state index is 10.7. The van der Waals surface area contributed by atoms with E-state index >= 15 is 0 Å². The summed E-state index contributed by atoms with van der Waals surface area (Å²) >= 11 is 0. The van der Waals surface area contributed by atoms with E-state index in [0.717, 1.165) is 0 Å². The van der Waals surface area contributed by atoms with Gasteiger partial charge in [0.25, 0.3) is 0 Å². The highest BCUT2D eigenvalue weighted by molar-refractivity contribution is 5.73. The highest BCUT2D eigenvalue weighted by Gasteiger charge is 2.43. The van der Waals surface area contributed by atoms with Crippen molar-refractivity contribution in [2.45, 2.75) is 37.6 Å². The predicted molar refractivity (Wildman–Crippen MR) is 47.6 cm³/mol. The van der Waals surface area contributed by atoms with Crippen LogP contribution < -0.4 is 5.32 Å². The Morgan fingerprint density at radius 2 is 1.87 bits per heavy atom. The summed E-state index contributed by atoms with van der Waals surface area (Å²) in [5.41, 5.74) is 0. The van der Waals surface area contributed by atoms with Gasteiger partial charge in [0.05, 0.1) is 6.61 Å². The van der Waals surface area contributed by atoms with Gasteiger partial charge in [-0.25, -0.2) is 0 Å². The van der Waals surface area contributed by atoms with E-state index in [0.29, 0.717) is 0 Å². The van der Waals surface area contributed by atoms with Gasteiger partial charge in [0.15, 0.2) is 6.23 Å². The van der Waals surface area contributed by atoms with Gasteiger partial charge in [-0.15, -0.1) is 0 Å². The van der Waals surface area contributed by atoms with Crippen molar-refractivity contribution >= 4 is 5.91 Å². The lowest BCUT2D eigenvalue weighted by Gasteiger charge is -2.39. The lowest BCUT2D eigenvalue weighted by molar-refractivity contribution is -0.235. The summed E-state index contributed by atoms with van der Waals surface area (Å²) in [5.74, 6) is -0.445. The largest absolute Gasteiger partial charge is 0.394 e. The highest BCUT2D eigenvalue weighted by atomic mass is 16.6. The van der Waals surface area contributed by atoms with Crippen molar-refractivity contribution in [3.05, 3.63) is 0 Å². The van der Waals surface area contributed by atoms with E-state index < -0.39 is 43.2 Å². The Morgan fingerprint density at radius 1 is 1.27 bits per heavy atom. The molecule has 1 saturated heterocycles. The third-order valence-electron chi connectivity index (χ3n) is 2.24. The Balaban J connectivity index is 2.69. The first kappa shape index (κ1) is 12.3. The molecular weight excluding hydrogens is 206 g/mol. The number of rotatable bonds is 2. The fourth-order valence-corrected chi connectivity index (χ4v) is 1.42. The molecule has 0 radical (unpaired) electrons. The monoisotopic (exact) mass is 221 g/mol. The van der Waals surface area contributed by atoms with E-state index in [9.17, 15) is 20.1 Å². The van der Waals surface area contributed by atoms with E-state index in [4.69, 9.17) is 9.84 Å². The number of carbonyl (C=O) groups excluding carboxylic acids is 1. The second-order valence-corrected chi connectivity index (χ2v) is 3.45. The number of carbonyl (C=O) groups is 1. The fourth-order valence-electron chi connectivity index (χ4n) is 1.42. The summed E-state index contributed by atoms with van der Waals surface area (Å²) in [6.07, 6.45) is -6.42. The van der Waals surface area contributed by atoms with Crippen molar-refractivity contribution in [1.29, 1.82) is 0 Å². The van der Waals surface area contributed by atoms with E-state index in [1.807, 2.05) is 0 Å². The molecule has 1 amide bonds. The van der Waals surface area contributed by atoms with Gasteiger partial charge in [-0.2, -0.15) is 0 Å². The molecule has 1 heterocycles. The second kappa shape index (κ2) is 4.86. The first-order valence-electron chi connectivity index (χ1n) is 4.55. The normalized spacial score (nSPS) is 41.3. The molecule has 15 heavy (non-hydrogen) atoms. The molecule has 0 unspecified atom stereocenters. The van der Waals surface area contributed by atoms with Crippen LogP contribution in [0.4, 0.5) is 0 Å². The molecular formula is C8H15NO6. The van der Waals surface area contributed by atoms with Crippen molar-refractivity contribution in [3.63, 3.8) is 0 Å². The summed E-state index contributed by atoms with van der Waals surface area (Å²) in [7, 11) is 0. The number of amides is 1. The zero-order valence-corrected chi connectivity index (χ0v) is 8.20. The minimum absolute atomic E-state index is 0.445. The van der Waals surface area contributed by atoms with Crippen LogP contribution in [-0.4, -0.2) is 63.6 Å². The number of aliphatic hydroxyl groups is 4. The Bertz CT molecular complexity index is 233. The van der Waals surface area contributed by atoms with E-state index in [-0.39, 0.29) is 0 Å². The van der Waals surface area contributed by atoms with Gasteiger partial charge in [0, 0.05) is 6.92 Å². The maximum Gasteiger partial charge on any atom is 0.218 e. The molecule has 0 spiro atoms. The van der Waals surface area contributed by atoms with E-state index in [1.165, 1.54) is 6.92 Å². The van der Waals surface area contributed by atoms with Crippen LogP contribution in [0.5, 0.6) is 0 Å². The average Bonchev–Trinajstić information content (AvgIpc) is 2.18. The van der Waals surface area contributed by atoms with Gasteiger partial charge < -0.3 is 30.5 Å². The average molecular weight is 221 g/mol. The molecule has 0 bridgehead atoms. The molecule has 0 saturated carbocycles. The molecule has 7 heteroatoms. The van der Waals surface area contributed by atoms with Crippen LogP contribution in [0.1, 0.15) is 6.92 Å². The molecule has 1 aliphatic rings. The quantitative estimate of drug-likeness (QED) is 0.337. The zero-order chi connectivity index (χ0) is 11.6. The third-order valence-corrected chi connectivity index (χ3v) is 2.24. The Labute approximate surface area is 86.3 Å². The van der Waals surface area contributed by atoms with Crippen LogP contribution in [0.3, 0.4) is 0 Å². The molecule has 7 nitrogen and oxygen atoms in total. The van der Waals surface area contributed by atoms with Crippen LogP contribution in [-0.2, 0) is 9.53 Å². The predicted octanol–water partition coefficient (Wildman–Crippen LogP) is -3.08. The molecule has 0 aliphatic carbocycles. The first-order valence-corrected chi connectivity index (χ1v) is 4.55. The minimum Gasteiger partial charge on any atom is -0.394 e. The standard InChI is InChI=1S/C8H15NO6/c1-3(11)9-8-7(14)6(13)5(12)4(2-10)15-8/h4-8,10,12-14H,2H2,1H3,(H,9,11)/t4-,5-,6+,7-,8-/m0/s1. The zero-order valence-electron chi connectivity index (χ0n) is 8.20. The SMILES string of the molecule is CC(=O)N[C@H]1O[C@@H](CO)[C@H](O)[C@@H](O)[C@@H]1O. The second-order valence-electron chi connectivity index (χ2n) is 3.45. The van der Waals surface area contributed by atoms with Gasteiger partial charge >= 0.3 is 0 Å². The molecule has 1 fully saturated rings. The molecule has 5 N–H and O–H groups in total. The van der Waals surface area contributed by atoms with Crippen LogP contribution in [0.15, 0.2) is 0 Å². The third kappa shape index (κ3) is 2.64. The van der Waals surface area contributed by atoms with Gasteiger partial charge in [0.2, 0.25) is 5.91 Å². The lowest BCUT2D eigenvalue weighted by atomic mass is 9.98. The van der Waals surface area contributed by atoms with E-state index in [1.54, 1.807) is 0 Å². The molecule has 88 valence electrons. The first-order chi connectivity index (χ1) is 6.97. The Morgan fingerprint density at radius 3 is 2.33 bits per heavy atom. The van der Waals surface area contributed by atoms with Crippen LogP contribution >= 0.6 is 0 Å². The Kier molecular flexibility index (Phi) is 4.00. The van der Waals surface area contributed by atoms with Crippen LogP contribution in [0.25, 0.3) is 0 Å². The molecule has 1 aliphatic heterocycles. The minimum atomic E-state index is -1.47. The summed E-state index contributed by atoms with van der Waals surface area (Å²) < 4.78 is 5.00. The van der Waals surface area contributed by atoms with Crippen LogP contribution in [0, 0.1) is 0 Å². The molecule has 0 aromatic rings. The van der Waals surface area contributed by atoms with Crippen molar-refractivity contribution < 1.29 is 30.0 Å². The summed E-state index contributed by atoms with van der Waals surface area (Å²) in [6, 6.07) is 0. The van der Waals surface area contributed by atoms with Crippen molar-refractivity contribution in [2.24, 2.45) is 0 Å². The molecule has 1 rings (SSSR count). The molecule has 0 aromatic carbocycles. The van der Waals surface area contributed by atoms with Crippen LogP contribution in [0.2, 0.25) is 0 Å². The highest BCUT2D eigenvalue weighted by Crippen LogP contribution is 2.19. The number of aliphatic hydroxyl groups excluding tert-OH is 4. The maximum atomic E-state index is 10.7. The van der Waals surface area contributed by atoms with Crippen molar-refractivity contribution in [1.82, 2.24) is 5.32 Å². The lowest BCUT2D eigenvalue weighted by Crippen LogP contribution is -2.63. The number of ether oxygens (including phenoxy) is 1. The molecule has 0 aromatic heterocycles.